The van der Waals surface area contributed by atoms with Crippen molar-refractivity contribution in [2.75, 3.05) is 13.1 Å². The van der Waals surface area contributed by atoms with Gasteiger partial charge in [0.15, 0.2) is 0 Å². The number of H-pyrrole nitrogens is 1. The number of halogens is 1. The minimum absolute atomic E-state index is 0. The first-order valence-corrected chi connectivity index (χ1v) is 7.17. The van der Waals surface area contributed by atoms with Crippen molar-refractivity contribution in [2.45, 2.75) is 33.2 Å². The van der Waals surface area contributed by atoms with Crippen molar-refractivity contribution < 1.29 is 4.79 Å². The van der Waals surface area contributed by atoms with Gasteiger partial charge in [-0.2, -0.15) is 0 Å². The molecule has 0 radical (unpaired) electrons. The Labute approximate surface area is 131 Å². The Morgan fingerprint density at radius 3 is 2.71 bits per heavy atom. The standard InChI is InChI=1S/C16H21N3O.ClH/c1-9-6-10(2)14-13(7-9)11(3)15(19-14)16(20)18-12-4-5-17-8-12;/h6-7,12,17,19H,4-5,8H2,1-3H3,(H,18,20);1H/t12-;/m0./s1. The van der Waals surface area contributed by atoms with Gasteiger partial charge in [0.2, 0.25) is 0 Å². The van der Waals surface area contributed by atoms with Crippen LogP contribution >= 0.6 is 12.4 Å². The summed E-state index contributed by atoms with van der Waals surface area (Å²) in [5.41, 5.74) is 5.22. The molecule has 1 aliphatic heterocycles. The van der Waals surface area contributed by atoms with Gasteiger partial charge in [-0.3, -0.25) is 4.79 Å². The maximum Gasteiger partial charge on any atom is 0.268 e. The average molecular weight is 308 g/mol. The minimum atomic E-state index is 0. The van der Waals surface area contributed by atoms with Gasteiger partial charge in [-0.15, -0.1) is 12.4 Å². The van der Waals surface area contributed by atoms with Gasteiger partial charge in [-0.25, -0.2) is 0 Å². The van der Waals surface area contributed by atoms with Crippen LogP contribution in [-0.4, -0.2) is 30.0 Å². The lowest BCUT2D eigenvalue weighted by atomic mass is 10.1. The molecule has 0 aliphatic carbocycles. The maximum absolute atomic E-state index is 12.4. The summed E-state index contributed by atoms with van der Waals surface area (Å²) in [4.78, 5) is 15.7. The molecule has 3 rings (SSSR count). The number of rotatable bonds is 2. The first kappa shape index (κ1) is 15.9. The molecule has 1 aliphatic rings. The number of nitrogens with one attached hydrogen (secondary N) is 3. The van der Waals surface area contributed by atoms with E-state index < -0.39 is 0 Å². The number of carbonyl (C=O) groups is 1. The molecular formula is C16H22ClN3O. The first-order chi connectivity index (χ1) is 9.56. The van der Waals surface area contributed by atoms with Crippen molar-refractivity contribution in [3.63, 3.8) is 0 Å². The summed E-state index contributed by atoms with van der Waals surface area (Å²) >= 11 is 0. The number of hydrogen-bond donors (Lipinski definition) is 3. The van der Waals surface area contributed by atoms with Gasteiger partial charge in [-0.05, 0) is 50.9 Å². The molecular weight excluding hydrogens is 286 g/mol. The number of carbonyl (C=O) groups excluding carboxylic acids is 1. The Kier molecular flexibility index (Phi) is 4.59. The maximum atomic E-state index is 12.4. The highest BCUT2D eigenvalue weighted by Crippen LogP contribution is 2.26. The molecule has 0 saturated carbocycles. The highest BCUT2D eigenvalue weighted by molar-refractivity contribution is 6.01. The first-order valence-electron chi connectivity index (χ1n) is 7.17. The molecule has 4 nitrogen and oxygen atoms in total. The van der Waals surface area contributed by atoms with E-state index >= 15 is 0 Å². The van der Waals surface area contributed by atoms with Crippen LogP contribution in [0.4, 0.5) is 0 Å². The second-order valence-corrected chi connectivity index (χ2v) is 5.79. The summed E-state index contributed by atoms with van der Waals surface area (Å²) in [6, 6.07) is 4.53. The Balaban J connectivity index is 0.00000161. The molecule has 0 spiro atoms. The smallest absolute Gasteiger partial charge is 0.268 e. The van der Waals surface area contributed by atoms with Crippen LogP contribution in [0.5, 0.6) is 0 Å². The van der Waals surface area contributed by atoms with Crippen LogP contribution in [0.15, 0.2) is 12.1 Å². The predicted molar refractivity (Wildman–Crippen MR) is 88.5 cm³/mol. The Morgan fingerprint density at radius 2 is 2.05 bits per heavy atom. The van der Waals surface area contributed by atoms with Crippen LogP contribution in [0.25, 0.3) is 10.9 Å². The summed E-state index contributed by atoms with van der Waals surface area (Å²) in [5.74, 6) is 0.00412. The van der Waals surface area contributed by atoms with E-state index in [2.05, 4.69) is 41.6 Å². The molecule has 0 unspecified atom stereocenters. The van der Waals surface area contributed by atoms with E-state index in [-0.39, 0.29) is 24.4 Å². The van der Waals surface area contributed by atoms with Crippen LogP contribution in [0.1, 0.15) is 33.6 Å². The molecule has 2 heterocycles. The second-order valence-electron chi connectivity index (χ2n) is 5.79. The molecule has 114 valence electrons. The van der Waals surface area contributed by atoms with Crippen molar-refractivity contribution in [1.82, 2.24) is 15.6 Å². The van der Waals surface area contributed by atoms with E-state index in [1.165, 1.54) is 11.1 Å². The third-order valence-electron chi connectivity index (χ3n) is 4.13. The lowest BCUT2D eigenvalue weighted by molar-refractivity contribution is 0.0935. The molecule has 1 aromatic heterocycles. The SMILES string of the molecule is Cc1cc(C)c2[nH]c(C(=O)N[C@H]3CCNC3)c(C)c2c1.Cl. The highest BCUT2D eigenvalue weighted by Gasteiger charge is 2.21. The Morgan fingerprint density at radius 1 is 1.29 bits per heavy atom. The highest BCUT2D eigenvalue weighted by atomic mass is 35.5. The summed E-state index contributed by atoms with van der Waals surface area (Å²) < 4.78 is 0. The fourth-order valence-corrected chi connectivity index (χ4v) is 3.05. The van der Waals surface area contributed by atoms with Gasteiger partial charge in [0.05, 0.1) is 0 Å². The molecule has 5 heteroatoms. The lowest BCUT2D eigenvalue weighted by Gasteiger charge is -2.10. The largest absolute Gasteiger partial charge is 0.350 e. The molecule has 1 atom stereocenters. The molecule has 1 amide bonds. The van der Waals surface area contributed by atoms with E-state index in [0.29, 0.717) is 5.69 Å². The predicted octanol–water partition coefficient (Wildman–Crippen LogP) is 2.61. The van der Waals surface area contributed by atoms with Gasteiger partial charge in [0.1, 0.15) is 5.69 Å². The lowest BCUT2D eigenvalue weighted by Crippen LogP contribution is -2.36. The quantitative estimate of drug-likeness (QED) is 0.799. The average Bonchev–Trinajstić information content (AvgIpc) is 2.99. The monoisotopic (exact) mass is 307 g/mol. The second kappa shape index (κ2) is 6.08. The number of aryl methyl sites for hydroxylation is 3. The topological polar surface area (TPSA) is 56.9 Å². The third kappa shape index (κ3) is 2.92. The molecule has 3 N–H and O–H groups in total. The summed E-state index contributed by atoms with van der Waals surface area (Å²) in [5, 5.41) is 7.51. The summed E-state index contributed by atoms with van der Waals surface area (Å²) in [7, 11) is 0. The van der Waals surface area contributed by atoms with Gasteiger partial charge in [0.25, 0.3) is 5.91 Å². The molecule has 1 aromatic carbocycles. The van der Waals surface area contributed by atoms with Gasteiger partial charge in [0, 0.05) is 23.5 Å². The van der Waals surface area contributed by atoms with Gasteiger partial charge >= 0.3 is 0 Å². The van der Waals surface area contributed by atoms with Gasteiger partial charge in [-0.1, -0.05) is 11.6 Å². The Hall–Kier alpha value is -1.52. The van der Waals surface area contributed by atoms with E-state index in [4.69, 9.17) is 0 Å². The Bertz CT molecular complexity index is 672. The minimum Gasteiger partial charge on any atom is -0.350 e. The number of aromatic nitrogens is 1. The van der Waals surface area contributed by atoms with Crippen LogP contribution in [0.3, 0.4) is 0 Å². The number of aromatic amines is 1. The van der Waals surface area contributed by atoms with Crippen LogP contribution in [0.2, 0.25) is 0 Å². The van der Waals surface area contributed by atoms with E-state index in [1.807, 2.05) is 6.92 Å². The summed E-state index contributed by atoms with van der Waals surface area (Å²) in [6.07, 6.45) is 1.00. The zero-order valence-electron chi connectivity index (χ0n) is 12.7. The zero-order valence-corrected chi connectivity index (χ0v) is 13.5. The number of hydrogen-bond acceptors (Lipinski definition) is 2. The third-order valence-corrected chi connectivity index (χ3v) is 4.13. The van der Waals surface area contributed by atoms with Crippen LogP contribution in [0, 0.1) is 20.8 Å². The van der Waals surface area contributed by atoms with E-state index in [9.17, 15) is 4.79 Å². The summed E-state index contributed by atoms with van der Waals surface area (Å²) in [6.45, 7) is 8.02. The van der Waals surface area contributed by atoms with Crippen LogP contribution < -0.4 is 10.6 Å². The van der Waals surface area contributed by atoms with Crippen molar-refractivity contribution in [2.24, 2.45) is 0 Å². The zero-order chi connectivity index (χ0) is 14.3. The molecule has 0 bridgehead atoms. The van der Waals surface area contributed by atoms with Crippen molar-refractivity contribution in [3.8, 4) is 0 Å². The molecule has 1 saturated heterocycles. The molecule has 2 aromatic rings. The fraction of sp³-hybridized carbons (Fsp3) is 0.438. The van der Waals surface area contributed by atoms with E-state index in [0.717, 1.165) is 36.0 Å². The van der Waals surface area contributed by atoms with Crippen LogP contribution in [-0.2, 0) is 0 Å². The van der Waals surface area contributed by atoms with Gasteiger partial charge < -0.3 is 15.6 Å². The number of fused-ring (bicyclic) bond motifs is 1. The molecule has 1 fully saturated rings. The normalized spacial score (nSPS) is 17.8. The fourth-order valence-electron chi connectivity index (χ4n) is 3.05. The van der Waals surface area contributed by atoms with Crippen molar-refractivity contribution >= 4 is 29.2 Å². The van der Waals surface area contributed by atoms with Crippen molar-refractivity contribution in [1.29, 1.82) is 0 Å². The number of amides is 1. The number of benzene rings is 1. The molecule has 21 heavy (non-hydrogen) atoms. The van der Waals surface area contributed by atoms with Crippen molar-refractivity contribution in [3.05, 3.63) is 34.5 Å². The van der Waals surface area contributed by atoms with E-state index in [1.54, 1.807) is 0 Å².